The van der Waals surface area contributed by atoms with Gasteiger partial charge in [-0.1, -0.05) is 48.5 Å². The minimum absolute atomic E-state index is 0.144. The lowest BCUT2D eigenvalue weighted by molar-refractivity contribution is -0.135. The molecule has 0 aliphatic carbocycles. The summed E-state index contributed by atoms with van der Waals surface area (Å²) < 4.78 is 5.28. The van der Waals surface area contributed by atoms with E-state index in [4.69, 9.17) is 4.74 Å². The van der Waals surface area contributed by atoms with Crippen molar-refractivity contribution in [1.29, 1.82) is 0 Å². The average molecular weight is 340 g/mol. The lowest BCUT2D eigenvalue weighted by Crippen LogP contribution is -2.33. The summed E-state index contributed by atoms with van der Waals surface area (Å²) in [4.78, 5) is 25.7. The first-order chi connectivity index (χ1) is 12.1. The number of ether oxygens (including phenoxy) is 1. The summed E-state index contributed by atoms with van der Waals surface area (Å²) in [7, 11) is 3.33. The second kappa shape index (κ2) is 9.47. The number of carbonyl (C=O) groups is 2. The van der Waals surface area contributed by atoms with Crippen molar-refractivity contribution in [2.75, 3.05) is 20.7 Å². The van der Waals surface area contributed by atoms with Gasteiger partial charge in [0.2, 0.25) is 11.8 Å². The van der Waals surface area contributed by atoms with Gasteiger partial charge in [-0.05, 0) is 23.6 Å². The van der Waals surface area contributed by atoms with Crippen molar-refractivity contribution in [1.82, 2.24) is 10.2 Å². The van der Waals surface area contributed by atoms with Crippen LogP contribution in [0.2, 0.25) is 0 Å². The van der Waals surface area contributed by atoms with Crippen molar-refractivity contribution in [2.45, 2.75) is 19.4 Å². The number of nitrogens with zero attached hydrogens (tertiary/aromatic N) is 1. The minimum Gasteiger partial charge on any atom is -0.496 e. The smallest absolute Gasteiger partial charge is 0.232 e. The van der Waals surface area contributed by atoms with E-state index in [1.54, 1.807) is 19.1 Å². The molecule has 0 saturated carbocycles. The van der Waals surface area contributed by atoms with Gasteiger partial charge in [-0.15, -0.1) is 0 Å². The number of benzene rings is 2. The van der Waals surface area contributed by atoms with Gasteiger partial charge in [0.1, 0.15) is 12.2 Å². The standard InChI is InChI=1S/C20H24N2O3/c1-22(15-16-8-4-3-5-9-16)20(24)14-19(23)21-13-12-17-10-6-7-11-18(17)25-2/h3-11H,12-15H2,1-2H3,(H,21,23). The summed E-state index contributed by atoms with van der Waals surface area (Å²) in [5.41, 5.74) is 2.06. The Bertz CT molecular complexity index is 701. The largest absolute Gasteiger partial charge is 0.496 e. The third-order valence-corrected chi connectivity index (χ3v) is 3.91. The van der Waals surface area contributed by atoms with Gasteiger partial charge >= 0.3 is 0 Å². The summed E-state index contributed by atoms with van der Waals surface area (Å²) in [5.74, 6) is 0.342. The highest BCUT2D eigenvalue weighted by molar-refractivity contribution is 5.96. The van der Waals surface area contributed by atoms with Crippen molar-refractivity contribution in [2.24, 2.45) is 0 Å². The average Bonchev–Trinajstić information content (AvgIpc) is 2.63. The zero-order chi connectivity index (χ0) is 18.1. The Hall–Kier alpha value is -2.82. The van der Waals surface area contributed by atoms with Gasteiger partial charge in [0, 0.05) is 20.1 Å². The van der Waals surface area contributed by atoms with E-state index in [2.05, 4.69) is 5.32 Å². The molecule has 2 amide bonds. The van der Waals surface area contributed by atoms with Crippen molar-refractivity contribution < 1.29 is 14.3 Å². The molecule has 0 radical (unpaired) electrons. The molecule has 2 rings (SSSR count). The zero-order valence-corrected chi connectivity index (χ0v) is 14.7. The molecule has 0 heterocycles. The Balaban J connectivity index is 1.75. The molecule has 2 aromatic carbocycles. The van der Waals surface area contributed by atoms with Crippen LogP contribution >= 0.6 is 0 Å². The van der Waals surface area contributed by atoms with Crippen LogP contribution in [0.1, 0.15) is 17.5 Å². The third kappa shape index (κ3) is 5.95. The highest BCUT2D eigenvalue weighted by atomic mass is 16.5. The molecule has 0 aliphatic rings. The van der Waals surface area contributed by atoms with Gasteiger partial charge in [0.05, 0.1) is 7.11 Å². The summed E-state index contributed by atoms with van der Waals surface area (Å²) in [6.45, 7) is 0.961. The second-order valence-corrected chi connectivity index (χ2v) is 5.82. The minimum atomic E-state index is -0.264. The molecular weight excluding hydrogens is 316 g/mol. The number of para-hydroxylation sites is 1. The summed E-state index contributed by atoms with van der Waals surface area (Å²) >= 11 is 0. The van der Waals surface area contributed by atoms with E-state index >= 15 is 0 Å². The number of methoxy groups -OCH3 is 1. The Labute approximate surface area is 148 Å². The van der Waals surface area contributed by atoms with E-state index < -0.39 is 0 Å². The van der Waals surface area contributed by atoms with Crippen molar-refractivity contribution in [3.05, 3.63) is 65.7 Å². The Kier molecular flexibility index (Phi) is 7.01. The summed E-state index contributed by atoms with van der Waals surface area (Å²) in [6, 6.07) is 17.4. The van der Waals surface area contributed by atoms with Crippen LogP contribution in [0, 0.1) is 0 Å². The molecule has 25 heavy (non-hydrogen) atoms. The number of amides is 2. The lowest BCUT2D eigenvalue weighted by atomic mass is 10.1. The molecule has 0 unspecified atom stereocenters. The third-order valence-electron chi connectivity index (χ3n) is 3.91. The van der Waals surface area contributed by atoms with Crippen molar-refractivity contribution in [3.8, 4) is 5.75 Å². The summed E-state index contributed by atoms with van der Waals surface area (Å²) in [6.07, 6.45) is 0.513. The molecule has 5 nitrogen and oxygen atoms in total. The number of hydrogen-bond acceptors (Lipinski definition) is 3. The van der Waals surface area contributed by atoms with Crippen LogP contribution in [0.3, 0.4) is 0 Å². The van der Waals surface area contributed by atoms with Gasteiger partial charge in [-0.3, -0.25) is 9.59 Å². The number of carbonyl (C=O) groups excluding carboxylic acids is 2. The first kappa shape index (κ1) is 18.5. The Morgan fingerprint density at radius 1 is 1.04 bits per heavy atom. The van der Waals surface area contributed by atoms with Crippen LogP contribution in [0.4, 0.5) is 0 Å². The molecule has 0 aliphatic heterocycles. The fourth-order valence-electron chi connectivity index (χ4n) is 2.53. The number of hydrogen-bond donors (Lipinski definition) is 1. The van der Waals surface area contributed by atoms with Crippen LogP contribution in [0.15, 0.2) is 54.6 Å². The molecule has 0 saturated heterocycles. The second-order valence-electron chi connectivity index (χ2n) is 5.82. The van der Waals surface area contributed by atoms with E-state index in [9.17, 15) is 9.59 Å². The molecule has 5 heteroatoms. The van der Waals surface area contributed by atoms with Crippen molar-refractivity contribution >= 4 is 11.8 Å². The van der Waals surface area contributed by atoms with E-state index in [-0.39, 0.29) is 18.2 Å². The van der Waals surface area contributed by atoms with Crippen LogP contribution in [-0.4, -0.2) is 37.4 Å². The first-order valence-electron chi connectivity index (χ1n) is 8.26. The van der Waals surface area contributed by atoms with Gasteiger partial charge in [0.25, 0.3) is 0 Å². The predicted molar refractivity (Wildman–Crippen MR) is 97.2 cm³/mol. The van der Waals surface area contributed by atoms with Gasteiger partial charge in [0.15, 0.2) is 0 Å². The molecule has 2 aromatic rings. The SMILES string of the molecule is COc1ccccc1CCNC(=O)CC(=O)N(C)Cc1ccccc1. The molecule has 132 valence electrons. The zero-order valence-electron chi connectivity index (χ0n) is 14.7. The fraction of sp³-hybridized carbons (Fsp3) is 0.300. The maximum atomic E-state index is 12.1. The highest BCUT2D eigenvalue weighted by Crippen LogP contribution is 2.17. The molecule has 1 N–H and O–H groups in total. The van der Waals surface area contributed by atoms with Crippen LogP contribution in [0.25, 0.3) is 0 Å². The van der Waals surface area contributed by atoms with Gasteiger partial charge in [-0.25, -0.2) is 0 Å². The maximum absolute atomic E-state index is 12.1. The molecule has 0 aromatic heterocycles. The summed E-state index contributed by atoms with van der Waals surface area (Å²) in [5, 5.41) is 2.79. The Morgan fingerprint density at radius 2 is 1.72 bits per heavy atom. The van der Waals surface area contributed by atoms with Gasteiger partial charge in [-0.2, -0.15) is 0 Å². The van der Waals surface area contributed by atoms with Crippen LogP contribution in [0.5, 0.6) is 5.75 Å². The van der Waals surface area contributed by atoms with E-state index in [0.717, 1.165) is 16.9 Å². The molecular formula is C20H24N2O3. The highest BCUT2D eigenvalue weighted by Gasteiger charge is 2.14. The van der Waals surface area contributed by atoms with Crippen LogP contribution < -0.4 is 10.1 Å². The maximum Gasteiger partial charge on any atom is 0.232 e. The van der Waals surface area contributed by atoms with E-state index in [1.165, 1.54) is 0 Å². The van der Waals surface area contributed by atoms with Crippen LogP contribution in [-0.2, 0) is 22.6 Å². The predicted octanol–water partition coefficient (Wildman–Crippen LogP) is 2.40. The lowest BCUT2D eigenvalue weighted by Gasteiger charge is -2.17. The molecule has 0 bridgehead atoms. The normalized spacial score (nSPS) is 10.2. The fourth-order valence-corrected chi connectivity index (χ4v) is 2.53. The van der Waals surface area contributed by atoms with E-state index in [0.29, 0.717) is 19.5 Å². The first-order valence-corrected chi connectivity index (χ1v) is 8.26. The van der Waals surface area contributed by atoms with E-state index in [1.807, 2.05) is 54.6 Å². The molecule has 0 spiro atoms. The van der Waals surface area contributed by atoms with Gasteiger partial charge < -0.3 is 15.0 Å². The topological polar surface area (TPSA) is 58.6 Å². The number of rotatable bonds is 8. The number of nitrogens with one attached hydrogen (secondary N) is 1. The molecule has 0 atom stereocenters. The Morgan fingerprint density at radius 3 is 2.44 bits per heavy atom. The quantitative estimate of drug-likeness (QED) is 0.751. The van der Waals surface area contributed by atoms with Crippen molar-refractivity contribution in [3.63, 3.8) is 0 Å². The molecule has 0 fully saturated rings. The monoisotopic (exact) mass is 340 g/mol.